The van der Waals surface area contributed by atoms with E-state index in [1.165, 1.54) is 12.1 Å². The van der Waals surface area contributed by atoms with E-state index in [-0.39, 0.29) is 4.90 Å². The summed E-state index contributed by atoms with van der Waals surface area (Å²) in [6, 6.07) is 9.98. The zero-order chi connectivity index (χ0) is 14.6. The first kappa shape index (κ1) is 14.3. The van der Waals surface area contributed by atoms with Crippen LogP contribution in [0.2, 0.25) is 0 Å². The lowest BCUT2D eigenvalue weighted by Crippen LogP contribution is -2.12. The highest BCUT2D eigenvalue weighted by Gasteiger charge is 2.06. The van der Waals surface area contributed by atoms with Crippen LogP contribution < -0.4 is 15.2 Å². The fourth-order valence-corrected chi connectivity index (χ4v) is 2.11. The van der Waals surface area contributed by atoms with E-state index < -0.39 is 10.0 Å². The maximum Gasteiger partial charge on any atom is 0.238 e. The van der Waals surface area contributed by atoms with Gasteiger partial charge in [0.2, 0.25) is 10.0 Å². The molecular formula is C13H15N3O3S. The van der Waals surface area contributed by atoms with Crippen LogP contribution in [0.25, 0.3) is 0 Å². The number of nitrogens with one attached hydrogen (secondary N) is 1. The van der Waals surface area contributed by atoms with Gasteiger partial charge in [0.15, 0.2) is 0 Å². The summed E-state index contributed by atoms with van der Waals surface area (Å²) in [7, 11) is -2.06. The lowest BCUT2D eigenvalue weighted by molar-refractivity contribution is 0.413. The van der Waals surface area contributed by atoms with Crippen molar-refractivity contribution in [2.75, 3.05) is 12.4 Å². The molecule has 0 spiro atoms. The van der Waals surface area contributed by atoms with Crippen LogP contribution in [0, 0.1) is 0 Å². The molecule has 0 aliphatic carbocycles. The molecule has 0 radical (unpaired) electrons. The highest BCUT2D eigenvalue weighted by Crippen LogP contribution is 2.13. The number of hydrogen-bond donors (Lipinski definition) is 2. The van der Waals surface area contributed by atoms with Crippen LogP contribution in [0.4, 0.5) is 5.82 Å². The molecule has 0 aliphatic heterocycles. The molecule has 0 amide bonds. The van der Waals surface area contributed by atoms with Crippen LogP contribution in [0.3, 0.4) is 0 Å². The normalized spacial score (nSPS) is 11.1. The molecule has 0 saturated heterocycles. The predicted molar refractivity (Wildman–Crippen MR) is 75.9 cm³/mol. The minimum Gasteiger partial charge on any atom is -0.495 e. The van der Waals surface area contributed by atoms with Gasteiger partial charge in [0, 0.05) is 6.54 Å². The van der Waals surface area contributed by atoms with Crippen molar-refractivity contribution < 1.29 is 13.2 Å². The summed E-state index contributed by atoms with van der Waals surface area (Å²) in [5.74, 6) is 1.40. The Balaban J connectivity index is 2.00. The number of nitrogens with two attached hydrogens (primary N) is 1. The largest absolute Gasteiger partial charge is 0.495 e. The number of anilines is 1. The van der Waals surface area contributed by atoms with Gasteiger partial charge < -0.3 is 10.1 Å². The highest BCUT2D eigenvalue weighted by atomic mass is 32.2. The lowest BCUT2D eigenvalue weighted by Gasteiger charge is -2.07. The van der Waals surface area contributed by atoms with Crippen LogP contribution in [0.15, 0.2) is 47.5 Å². The molecule has 2 rings (SSSR count). The first-order valence-corrected chi connectivity index (χ1v) is 7.39. The molecule has 0 unspecified atom stereocenters. The summed E-state index contributed by atoms with van der Waals surface area (Å²) in [6.07, 6.45) is 1.62. The second kappa shape index (κ2) is 5.89. The second-order valence-electron chi connectivity index (χ2n) is 4.13. The number of benzene rings is 1. The summed E-state index contributed by atoms with van der Waals surface area (Å²) in [4.78, 5) is 4.27. The average molecular weight is 293 g/mol. The molecule has 3 N–H and O–H groups in total. The maximum absolute atomic E-state index is 11.1. The summed E-state index contributed by atoms with van der Waals surface area (Å²) >= 11 is 0. The van der Waals surface area contributed by atoms with Crippen LogP contribution in [-0.4, -0.2) is 20.5 Å². The zero-order valence-corrected chi connectivity index (χ0v) is 11.7. The van der Waals surface area contributed by atoms with Gasteiger partial charge >= 0.3 is 0 Å². The summed E-state index contributed by atoms with van der Waals surface area (Å²) in [5, 5.41) is 8.16. The van der Waals surface area contributed by atoms with Crippen molar-refractivity contribution in [2.24, 2.45) is 5.14 Å². The Morgan fingerprint density at radius 2 is 1.90 bits per heavy atom. The van der Waals surface area contributed by atoms with E-state index in [1.54, 1.807) is 37.6 Å². The minimum absolute atomic E-state index is 0.101. The monoisotopic (exact) mass is 293 g/mol. The van der Waals surface area contributed by atoms with Gasteiger partial charge in [-0.05, 0) is 29.8 Å². The number of sulfonamides is 1. The molecule has 0 atom stereocenters. The van der Waals surface area contributed by atoms with Crippen molar-refractivity contribution >= 4 is 15.8 Å². The number of ether oxygens (including phenoxy) is 1. The predicted octanol–water partition coefficient (Wildman–Crippen LogP) is 1.35. The number of hydrogen-bond acceptors (Lipinski definition) is 5. The Kier molecular flexibility index (Phi) is 4.21. The summed E-state index contributed by atoms with van der Waals surface area (Å²) in [6.45, 7) is 0.532. The lowest BCUT2D eigenvalue weighted by atomic mass is 10.2. The number of pyridine rings is 1. The minimum atomic E-state index is -3.64. The van der Waals surface area contributed by atoms with E-state index >= 15 is 0 Å². The van der Waals surface area contributed by atoms with E-state index in [0.29, 0.717) is 18.1 Å². The van der Waals surface area contributed by atoms with Crippen molar-refractivity contribution in [3.8, 4) is 5.75 Å². The quantitative estimate of drug-likeness (QED) is 0.867. The molecule has 0 saturated carbocycles. The second-order valence-corrected chi connectivity index (χ2v) is 5.69. The molecule has 1 aromatic carbocycles. The van der Waals surface area contributed by atoms with E-state index in [1.807, 2.05) is 0 Å². The molecule has 106 valence electrons. The Bertz CT molecular complexity index is 667. The third-order valence-electron chi connectivity index (χ3n) is 2.70. The average Bonchev–Trinajstić information content (AvgIpc) is 2.45. The molecule has 7 heteroatoms. The van der Waals surface area contributed by atoms with Gasteiger partial charge in [0.25, 0.3) is 0 Å². The Morgan fingerprint density at radius 3 is 2.40 bits per heavy atom. The van der Waals surface area contributed by atoms with E-state index in [0.717, 1.165) is 5.56 Å². The molecule has 1 heterocycles. The standard InChI is InChI=1S/C13H15N3O3S/c1-19-11-4-7-13(16-9-11)15-8-10-2-5-12(6-3-10)20(14,17)18/h2-7,9H,8H2,1H3,(H,15,16)(H2,14,17,18). The highest BCUT2D eigenvalue weighted by molar-refractivity contribution is 7.89. The van der Waals surface area contributed by atoms with Gasteiger partial charge in [0.1, 0.15) is 11.6 Å². The fourth-order valence-electron chi connectivity index (χ4n) is 1.60. The topological polar surface area (TPSA) is 94.3 Å². The van der Waals surface area contributed by atoms with Crippen molar-refractivity contribution in [3.05, 3.63) is 48.2 Å². The Morgan fingerprint density at radius 1 is 1.20 bits per heavy atom. The van der Waals surface area contributed by atoms with Crippen molar-refractivity contribution in [1.29, 1.82) is 0 Å². The van der Waals surface area contributed by atoms with E-state index in [9.17, 15) is 8.42 Å². The van der Waals surface area contributed by atoms with Crippen molar-refractivity contribution in [3.63, 3.8) is 0 Å². The van der Waals surface area contributed by atoms with E-state index in [4.69, 9.17) is 9.88 Å². The maximum atomic E-state index is 11.1. The molecular weight excluding hydrogens is 278 g/mol. The van der Waals surface area contributed by atoms with Gasteiger partial charge in [-0.25, -0.2) is 18.5 Å². The summed E-state index contributed by atoms with van der Waals surface area (Å²) in [5.41, 5.74) is 0.926. The van der Waals surface area contributed by atoms with Crippen LogP contribution >= 0.6 is 0 Å². The first-order valence-electron chi connectivity index (χ1n) is 5.85. The molecule has 1 aromatic heterocycles. The van der Waals surface area contributed by atoms with Crippen molar-refractivity contribution in [2.45, 2.75) is 11.4 Å². The number of aromatic nitrogens is 1. The van der Waals surface area contributed by atoms with Gasteiger partial charge in [-0.15, -0.1) is 0 Å². The third-order valence-corrected chi connectivity index (χ3v) is 3.63. The van der Waals surface area contributed by atoms with Crippen LogP contribution in [-0.2, 0) is 16.6 Å². The first-order chi connectivity index (χ1) is 9.49. The Labute approximate surface area is 117 Å². The zero-order valence-electron chi connectivity index (χ0n) is 10.9. The molecule has 0 aliphatic rings. The van der Waals surface area contributed by atoms with Gasteiger partial charge in [-0.2, -0.15) is 0 Å². The van der Waals surface area contributed by atoms with Gasteiger partial charge in [-0.3, -0.25) is 0 Å². The fraction of sp³-hybridized carbons (Fsp3) is 0.154. The number of methoxy groups -OCH3 is 1. The number of rotatable bonds is 5. The molecule has 0 fully saturated rings. The van der Waals surface area contributed by atoms with Crippen molar-refractivity contribution in [1.82, 2.24) is 4.98 Å². The molecule has 20 heavy (non-hydrogen) atoms. The van der Waals surface area contributed by atoms with Crippen LogP contribution in [0.1, 0.15) is 5.56 Å². The third kappa shape index (κ3) is 3.69. The van der Waals surface area contributed by atoms with E-state index in [2.05, 4.69) is 10.3 Å². The number of primary sulfonamides is 1. The summed E-state index contributed by atoms with van der Waals surface area (Å²) < 4.78 is 27.3. The van der Waals surface area contributed by atoms with Gasteiger partial charge in [-0.1, -0.05) is 12.1 Å². The molecule has 6 nitrogen and oxygen atoms in total. The van der Waals surface area contributed by atoms with Crippen LogP contribution in [0.5, 0.6) is 5.75 Å². The molecule has 2 aromatic rings. The number of nitrogens with zero attached hydrogens (tertiary/aromatic N) is 1. The van der Waals surface area contributed by atoms with Gasteiger partial charge in [0.05, 0.1) is 18.2 Å². The molecule has 0 bridgehead atoms. The SMILES string of the molecule is COc1ccc(NCc2ccc(S(N)(=O)=O)cc2)nc1. The Hall–Kier alpha value is -2.12. The smallest absolute Gasteiger partial charge is 0.238 e.